The molecule has 0 spiro atoms. The minimum atomic E-state index is -4.48. The summed E-state index contributed by atoms with van der Waals surface area (Å²) in [5, 5.41) is 0. The molecule has 0 aliphatic carbocycles. The molecule has 0 aromatic heterocycles. The summed E-state index contributed by atoms with van der Waals surface area (Å²) >= 11 is 2.89. The van der Waals surface area contributed by atoms with E-state index in [9.17, 15) is 22.0 Å². The van der Waals surface area contributed by atoms with E-state index in [0.29, 0.717) is 0 Å². The van der Waals surface area contributed by atoms with Crippen molar-refractivity contribution in [2.75, 3.05) is 20.3 Å². The van der Waals surface area contributed by atoms with E-state index in [1.165, 1.54) is 7.11 Å². The molecule has 19 heavy (non-hydrogen) atoms. The third-order valence-electron chi connectivity index (χ3n) is 2.13. The number of alkyl halides is 4. The number of benzene rings is 1. The van der Waals surface area contributed by atoms with Crippen molar-refractivity contribution >= 4 is 15.9 Å². The number of hydrogen-bond donors (Lipinski definition) is 0. The van der Waals surface area contributed by atoms with Crippen molar-refractivity contribution in [3.05, 3.63) is 29.3 Å². The van der Waals surface area contributed by atoms with Gasteiger partial charge in [-0.05, 0) is 0 Å². The molecule has 1 aromatic rings. The van der Waals surface area contributed by atoms with Crippen molar-refractivity contribution in [2.45, 2.75) is 11.0 Å². The lowest BCUT2D eigenvalue weighted by molar-refractivity contribution is -0.173. The highest BCUT2D eigenvalue weighted by Crippen LogP contribution is 2.31. The van der Waals surface area contributed by atoms with Gasteiger partial charge in [0.1, 0.15) is 24.0 Å². The van der Waals surface area contributed by atoms with Crippen molar-refractivity contribution in [3.63, 3.8) is 0 Å². The first kappa shape index (κ1) is 16.2. The minimum absolute atomic E-state index is 0.0188. The molecule has 1 atom stereocenters. The van der Waals surface area contributed by atoms with Gasteiger partial charge in [0.25, 0.3) is 0 Å². The summed E-state index contributed by atoms with van der Waals surface area (Å²) in [5.74, 6) is -1.86. The van der Waals surface area contributed by atoms with Crippen LogP contribution in [0.2, 0.25) is 0 Å². The first-order valence-corrected chi connectivity index (χ1v) is 5.97. The fraction of sp³-hybridized carbons (Fsp3) is 0.455. The Hall–Kier alpha value is -0.890. The molecule has 0 fully saturated rings. The molecule has 0 saturated carbocycles. The smallest absolute Gasteiger partial charge is 0.411 e. The Morgan fingerprint density at radius 2 is 1.74 bits per heavy atom. The highest BCUT2D eigenvalue weighted by molar-refractivity contribution is 9.09. The number of halogens is 6. The maximum Gasteiger partial charge on any atom is 0.411 e. The fourth-order valence-corrected chi connectivity index (χ4v) is 1.96. The van der Waals surface area contributed by atoms with Crippen LogP contribution in [0.4, 0.5) is 22.0 Å². The van der Waals surface area contributed by atoms with Gasteiger partial charge in [-0.2, -0.15) is 13.2 Å². The van der Waals surface area contributed by atoms with Crippen LogP contribution in [-0.4, -0.2) is 26.5 Å². The van der Waals surface area contributed by atoms with Gasteiger partial charge in [0, 0.05) is 17.7 Å². The first-order valence-electron chi connectivity index (χ1n) is 5.06. The Bertz CT molecular complexity index is 413. The molecule has 1 aromatic carbocycles. The van der Waals surface area contributed by atoms with E-state index in [1.807, 2.05) is 0 Å². The Labute approximate surface area is 114 Å². The standard InChI is InChI=1S/C11H10BrF5O2/c1-18-6-2-8(13)10(9(14)3-6)7(12)4-19-5-11(15,16)17/h2-3,7H,4-5H2,1H3. The molecule has 0 aliphatic rings. The summed E-state index contributed by atoms with van der Waals surface area (Å²) in [6.45, 7) is -1.99. The molecule has 8 heteroatoms. The molecule has 0 amide bonds. The van der Waals surface area contributed by atoms with Gasteiger partial charge in [0.15, 0.2) is 0 Å². The molecule has 0 bridgehead atoms. The molecular formula is C11H10BrF5O2. The lowest BCUT2D eigenvalue weighted by Gasteiger charge is -2.14. The van der Waals surface area contributed by atoms with E-state index in [1.54, 1.807) is 0 Å². The van der Waals surface area contributed by atoms with Crippen molar-refractivity contribution in [1.29, 1.82) is 0 Å². The fourth-order valence-electron chi connectivity index (χ4n) is 1.34. The first-order chi connectivity index (χ1) is 8.74. The second-order valence-corrected chi connectivity index (χ2v) is 4.71. The summed E-state index contributed by atoms with van der Waals surface area (Å²) in [5.41, 5.74) is -0.400. The third-order valence-corrected chi connectivity index (χ3v) is 2.85. The molecule has 2 nitrogen and oxygen atoms in total. The van der Waals surface area contributed by atoms with Crippen LogP contribution < -0.4 is 4.74 Å². The SMILES string of the molecule is COc1cc(F)c(C(Br)COCC(F)(F)F)c(F)c1. The van der Waals surface area contributed by atoms with Crippen molar-refractivity contribution in [1.82, 2.24) is 0 Å². The minimum Gasteiger partial charge on any atom is -0.497 e. The van der Waals surface area contributed by atoms with E-state index in [4.69, 9.17) is 0 Å². The molecule has 0 saturated heterocycles. The van der Waals surface area contributed by atoms with Crippen LogP contribution in [0.1, 0.15) is 10.4 Å². The molecular weight excluding hydrogens is 339 g/mol. The highest BCUT2D eigenvalue weighted by Gasteiger charge is 2.28. The molecule has 108 valence electrons. The Balaban J connectivity index is 2.74. The van der Waals surface area contributed by atoms with Crippen LogP contribution in [-0.2, 0) is 4.74 Å². The van der Waals surface area contributed by atoms with Crippen molar-refractivity contribution in [3.8, 4) is 5.75 Å². The lowest BCUT2D eigenvalue weighted by Crippen LogP contribution is -2.19. The maximum absolute atomic E-state index is 13.6. The van der Waals surface area contributed by atoms with E-state index in [0.717, 1.165) is 12.1 Å². The van der Waals surface area contributed by atoms with Crippen LogP contribution in [0.25, 0.3) is 0 Å². The van der Waals surface area contributed by atoms with Gasteiger partial charge in [0.2, 0.25) is 0 Å². The third kappa shape index (κ3) is 4.94. The van der Waals surface area contributed by atoms with Gasteiger partial charge in [-0.1, -0.05) is 15.9 Å². The topological polar surface area (TPSA) is 18.5 Å². The number of hydrogen-bond acceptors (Lipinski definition) is 2. The molecule has 0 radical (unpaired) electrons. The Kier molecular flexibility index (Phi) is 5.54. The molecule has 1 unspecified atom stereocenters. The molecule has 0 aliphatic heterocycles. The quantitative estimate of drug-likeness (QED) is 0.591. The van der Waals surface area contributed by atoms with E-state index < -0.39 is 41.4 Å². The molecule has 0 N–H and O–H groups in total. The molecule has 0 heterocycles. The average molecular weight is 349 g/mol. The zero-order chi connectivity index (χ0) is 14.6. The van der Waals surface area contributed by atoms with Gasteiger partial charge >= 0.3 is 6.18 Å². The normalized spacial score (nSPS) is 13.4. The van der Waals surface area contributed by atoms with Crippen LogP contribution >= 0.6 is 15.9 Å². The van der Waals surface area contributed by atoms with Gasteiger partial charge in [-0.25, -0.2) is 8.78 Å². The second kappa shape index (κ2) is 6.51. The summed E-state index contributed by atoms with van der Waals surface area (Å²) < 4.78 is 71.8. The number of ether oxygens (including phenoxy) is 2. The monoisotopic (exact) mass is 348 g/mol. The van der Waals surface area contributed by atoms with E-state index in [2.05, 4.69) is 25.4 Å². The summed E-state index contributed by atoms with van der Waals surface area (Å²) in [6, 6.07) is 1.88. The predicted octanol–water partition coefficient (Wildman–Crippen LogP) is 3.99. The Morgan fingerprint density at radius 3 is 2.16 bits per heavy atom. The summed E-state index contributed by atoms with van der Waals surface area (Å²) in [7, 11) is 1.24. The van der Waals surface area contributed by atoms with Crippen LogP contribution in [0.5, 0.6) is 5.75 Å². The second-order valence-electron chi connectivity index (χ2n) is 3.60. The number of rotatable bonds is 5. The van der Waals surface area contributed by atoms with Gasteiger partial charge < -0.3 is 9.47 Å². The van der Waals surface area contributed by atoms with Gasteiger partial charge in [-0.3, -0.25) is 0 Å². The highest BCUT2D eigenvalue weighted by atomic mass is 79.9. The van der Waals surface area contributed by atoms with Crippen molar-refractivity contribution < 1.29 is 31.4 Å². The van der Waals surface area contributed by atoms with Crippen LogP contribution in [0.3, 0.4) is 0 Å². The van der Waals surface area contributed by atoms with Crippen LogP contribution in [0.15, 0.2) is 12.1 Å². The lowest BCUT2D eigenvalue weighted by atomic mass is 10.1. The van der Waals surface area contributed by atoms with Gasteiger partial charge in [0.05, 0.1) is 18.5 Å². The van der Waals surface area contributed by atoms with Gasteiger partial charge in [-0.15, -0.1) is 0 Å². The van der Waals surface area contributed by atoms with Crippen molar-refractivity contribution in [2.24, 2.45) is 0 Å². The average Bonchev–Trinajstić information content (AvgIpc) is 2.26. The molecule has 1 rings (SSSR count). The van der Waals surface area contributed by atoms with E-state index in [-0.39, 0.29) is 5.75 Å². The Morgan fingerprint density at radius 1 is 1.21 bits per heavy atom. The maximum atomic E-state index is 13.6. The number of methoxy groups -OCH3 is 1. The van der Waals surface area contributed by atoms with E-state index >= 15 is 0 Å². The predicted molar refractivity (Wildman–Crippen MR) is 61.5 cm³/mol. The van der Waals surface area contributed by atoms with Crippen LogP contribution in [0, 0.1) is 11.6 Å². The summed E-state index contributed by atoms with van der Waals surface area (Å²) in [4.78, 5) is -1.03. The summed E-state index contributed by atoms with van der Waals surface area (Å²) in [6.07, 6.45) is -4.48. The zero-order valence-electron chi connectivity index (χ0n) is 9.73. The largest absolute Gasteiger partial charge is 0.497 e. The zero-order valence-corrected chi connectivity index (χ0v) is 11.3.